The number of carbonyl (C=O) groups is 2. The van der Waals surface area contributed by atoms with Gasteiger partial charge in [0.05, 0.1) is 11.6 Å². The molecule has 2 heterocycles. The number of aryl methyl sites for hydroxylation is 2. The Hall–Kier alpha value is -3.99. The van der Waals surface area contributed by atoms with Crippen LogP contribution in [0.5, 0.6) is 0 Å². The summed E-state index contributed by atoms with van der Waals surface area (Å²) in [5, 5.41) is 17.1. The van der Waals surface area contributed by atoms with Crippen LogP contribution in [0, 0.1) is 25.2 Å². The third kappa shape index (κ3) is 4.55. The number of nitrogens with zero attached hydrogens (tertiary/aromatic N) is 5. The Labute approximate surface area is 199 Å². The number of hydrogen-bond acceptors (Lipinski definition) is 5. The van der Waals surface area contributed by atoms with E-state index in [0.717, 1.165) is 29.5 Å². The van der Waals surface area contributed by atoms with E-state index in [-0.39, 0.29) is 17.6 Å². The average Bonchev–Trinajstić information content (AvgIpc) is 3.33. The van der Waals surface area contributed by atoms with Crippen molar-refractivity contribution < 1.29 is 9.59 Å². The summed E-state index contributed by atoms with van der Waals surface area (Å²) < 4.78 is 0. The Morgan fingerprint density at radius 1 is 1.06 bits per heavy atom. The van der Waals surface area contributed by atoms with Crippen LogP contribution in [-0.4, -0.2) is 64.0 Å². The molecule has 1 aliphatic heterocycles. The SMILES string of the molecule is Cc1cc(C)c(-c2nnc(C(=O)N(C)C)[nH]2)cc1C(=O)N1CCC(c2ccc(C#N)cc2)CC1. The third-order valence-electron chi connectivity index (χ3n) is 6.45. The number of likely N-dealkylation sites (tertiary alicyclic amines) is 1. The summed E-state index contributed by atoms with van der Waals surface area (Å²) in [5.41, 5.74) is 5.12. The van der Waals surface area contributed by atoms with Crippen LogP contribution in [0.1, 0.15) is 62.0 Å². The lowest BCUT2D eigenvalue weighted by atomic mass is 9.88. The fourth-order valence-corrected chi connectivity index (χ4v) is 4.45. The predicted molar refractivity (Wildman–Crippen MR) is 128 cm³/mol. The van der Waals surface area contributed by atoms with E-state index in [1.165, 1.54) is 10.5 Å². The van der Waals surface area contributed by atoms with Crippen LogP contribution in [0.2, 0.25) is 0 Å². The normalized spacial score (nSPS) is 14.0. The summed E-state index contributed by atoms with van der Waals surface area (Å²) in [6.07, 6.45) is 1.76. The van der Waals surface area contributed by atoms with Gasteiger partial charge in [0.2, 0.25) is 5.82 Å². The number of aromatic amines is 1. The van der Waals surface area contributed by atoms with E-state index in [1.807, 2.05) is 55.1 Å². The monoisotopic (exact) mass is 456 g/mol. The Morgan fingerprint density at radius 2 is 1.74 bits per heavy atom. The second-order valence-corrected chi connectivity index (χ2v) is 9.00. The fourth-order valence-electron chi connectivity index (χ4n) is 4.45. The van der Waals surface area contributed by atoms with Crippen LogP contribution in [0.25, 0.3) is 11.4 Å². The van der Waals surface area contributed by atoms with Crippen molar-refractivity contribution in [3.8, 4) is 17.5 Å². The lowest BCUT2D eigenvalue weighted by molar-refractivity contribution is 0.0712. The minimum atomic E-state index is -0.259. The maximum Gasteiger partial charge on any atom is 0.291 e. The molecule has 0 saturated carbocycles. The molecule has 3 aromatic rings. The number of H-pyrrole nitrogens is 1. The lowest BCUT2D eigenvalue weighted by Crippen LogP contribution is -2.38. The highest BCUT2D eigenvalue weighted by Gasteiger charge is 2.26. The minimum Gasteiger partial charge on any atom is -0.342 e. The van der Waals surface area contributed by atoms with Gasteiger partial charge in [-0.25, -0.2) is 0 Å². The van der Waals surface area contributed by atoms with Crippen LogP contribution >= 0.6 is 0 Å². The van der Waals surface area contributed by atoms with Crippen molar-refractivity contribution in [2.24, 2.45) is 0 Å². The van der Waals surface area contributed by atoms with Gasteiger partial charge in [0.25, 0.3) is 11.8 Å². The Morgan fingerprint density at radius 3 is 2.35 bits per heavy atom. The molecule has 8 nitrogen and oxygen atoms in total. The molecule has 34 heavy (non-hydrogen) atoms. The summed E-state index contributed by atoms with van der Waals surface area (Å²) in [6, 6.07) is 13.7. The molecular weight excluding hydrogens is 428 g/mol. The van der Waals surface area contributed by atoms with Crippen LogP contribution in [0.4, 0.5) is 0 Å². The molecule has 2 amide bonds. The molecular formula is C26H28N6O2. The van der Waals surface area contributed by atoms with Crippen molar-refractivity contribution in [3.05, 3.63) is 70.0 Å². The molecule has 2 aromatic carbocycles. The summed E-state index contributed by atoms with van der Waals surface area (Å²) >= 11 is 0. The lowest BCUT2D eigenvalue weighted by Gasteiger charge is -2.32. The minimum absolute atomic E-state index is 0.00105. The molecule has 1 fully saturated rings. The first-order valence-corrected chi connectivity index (χ1v) is 11.3. The highest BCUT2D eigenvalue weighted by molar-refractivity contribution is 5.97. The van der Waals surface area contributed by atoms with Gasteiger partial charge in [0.1, 0.15) is 0 Å². The van der Waals surface area contributed by atoms with Crippen molar-refractivity contribution in [1.82, 2.24) is 25.0 Å². The van der Waals surface area contributed by atoms with Gasteiger partial charge in [-0.3, -0.25) is 9.59 Å². The fraction of sp³-hybridized carbons (Fsp3) is 0.346. The Bertz CT molecular complexity index is 1260. The van der Waals surface area contributed by atoms with E-state index in [9.17, 15) is 9.59 Å². The first-order valence-electron chi connectivity index (χ1n) is 11.3. The molecule has 174 valence electrons. The second kappa shape index (κ2) is 9.48. The third-order valence-corrected chi connectivity index (χ3v) is 6.45. The summed E-state index contributed by atoms with van der Waals surface area (Å²) in [4.78, 5) is 31.9. The smallest absolute Gasteiger partial charge is 0.291 e. The van der Waals surface area contributed by atoms with E-state index in [4.69, 9.17) is 5.26 Å². The molecule has 1 N–H and O–H groups in total. The van der Waals surface area contributed by atoms with Crippen molar-refractivity contribution >= 4 is 11.8 Å². The molecule has 1 saturated heterocycles. The molecule has 8 heteroatoms. The van der Waals surface area contributed by atoms with Gasteiger partial charge in [0.15, 0.2) is 5.82 Å². The van der Waals surface area contributed by atoms with Crippen molar-refractivity contribution in [2.45, 2.75) is 32.6 Å². The van der Waals surface area contributed by atoms with Gasteiger partial charge >= 0.3 is 0 Å². The van der Waals surface area contributed by atoms with Crippen LogP contribution in [0.3, 0.4) is 0 Å². The molecule has 1 aromatic heterocycles. The largest absolute Gasteiger partial charge is 0.342 e. The average molecular weight is 457 g/mol. The number of carbonyl (C=O) groups excluding carboxylic acids is 2. The van der Waals surface area contributed by atoms with Gasteiger partial charge in [-0.15, -0.1) is 10.2 Å². The van der Waals surface area contributed by atoms with Crippen molar-refractivity contribution in [2.75, 3.05) is 27.2 Å². The summed E-state index contributed by atoms with van der Waals surface area (Å²) in [5.74, 6) is 0.758. The van der Waals surface area contributed by atoms with Crippen molar-refractivity contribution in [3.63, 3.8) is 0 Å². The summed E-state index contributed by atoms with van der Waals surface area (Å²) in [7, 11) is 3.31. The van der Waals surface area contributed by atoms with E-state index in [0.29, 0.717) is 36.0 Å². The molecule has 0 atom stereocenters. The maximum atomic E-state index is 13.4. The van der Waals surface area contributed by atoms with Crippen LogP contribution in [-0.2, 0) is 0 Å². The number of hydrogen-bond donors (Lipinski definition) is 1. The molecule has 0 radical (unpaired) electrons. The van der Waals surface area contributed by atoms with E-state index in [1.54, 1.807) is 14.1 Å². The number of amides is 2. The van der Waals surface area contributed by atoms with Gasteiger partial charge in [-0.2, -0.15) is 5.26 Å². The van der Waals surface area contributed by atoms with Crippen molar-refractivity contribution in [1.29, 1.82) is 5.26 Å². The molecule has 1 aliphatic rings. The number of nitrogens with one attached hydrogen (secondary N) is 1. The Balaban J connectivity index is 1.51. The Kier molecular flexibility index (Phi) is 6.46. The van der Waals surface area contributed by atoms with E-state index < -0.39 is 0 Å². The standard InChI is InChI=1S/C26H28N6O2/c1-16-13-17(2)22(14-21(16)23-28-24(30-29-23)26(34)31(3)4)25(33)32-11-9-20(10-12-32)19-7-5-18(15-27)6-8-19/h5-8,13-14,20H,9-12H2,1-4H3,(H,28,29,30). The number of benzene rings is 2. The molecule has 4 rings (SSSR count). The first kappa shape index (κ1) is 23.2. The van der Waals surface area contributed by atoms with E-state index in [2.05, 4.69) is 21.3 Å². The van der Waals surface area contributed by atoms with Crippen LogP contribution < -0.4 is 0 Å². The van der Waals surface area contributed by atoms with Gasteiger partial charge in [-0.05, 0) is 67.5 Å². The molecule has 0 aliphatic carbocycles. The second-order valence-electron chi connectivity index (χ2n) is 9.00. The number of aromatic nitrogens is 3. The van der Waals surface area contributed by atoms with Gasteiger partial charge < -0.3 is 14.8 Å². The van der Waals surface area contributed by atoms with Gasteiger partial charge in [-0.1, -0.05) is 18.2 Å². The molecule has 0 unspecified atom stereocenters. The predicted octanol–water partition coefficient (Wildman–Crippen LogP) is 3.68. The zero-order valence-electron chi connectivity index (χ0n) is 19.9. The summed E-state index contributed by atoms with van der Waals surface area (Å²) in [6.45, 7) is 5.25. The van der Waals surface area contributed by atoms with Gasteiger partial charge in [0, 0.05) is 38.3 Å². The van der Waals surface area contributed by atoms with Crippen LogP contribution in [0.15, 0.2) is 36.4 Å². The topological polar surface area (TPSA) is 106 Å². The quantitative estimate of drug-likeness (QED) is 0.645. The molecule has 0 bridgehead atoms. The zero-order chi connectivity index (χ0) is 24.4. The number of rotatable bonds is 4. The zero-order valence-corrected chi connectivity index (χ0v) is 19.9. The highest BCUT2D eigenvalue weighted by Crippen LogP contribution is 2.30. The molecule has 0 spiro atoms. The maximum absolute atomic E-state index is 13.4. The number of piperidine rings is 1. The number of nitriles is 1. The highest BCUT2D eigenvalue weighted by atomic mass is 16.2. The van der Waals surface area contributed by atoms with E-state index >= 15 is 0 Å². The first-order chi connectivity index (χ1) is 16.3.